The molecule has 10 nitrogen and oxygen atoms in total. The maximum Gasteiger partial charge on any atom is 0.336 e. The fourth-order valence-electron chi connectivity index (χ4n) is 1.04. The van der Waals surface area contributed by atoms with Crippen molar-refractivity contribution < 1.29 is 73.3 Å². The number of carboxylic acids is 3. The molecule has 0 atom stereocenters. The number of carboxylic acid groups (broad SMARTS) is 3. The van der Waals surface area contributed by atoms with Crippen molar-refractivity contribution in [2.45, 2.75) is 0 Å². The Bertz CT molecular complexity index is 458. The third-order valence-electron chi connectivity index (χ3n) is 1.73. The van der Waals surface area contributed by atoms with Crippen molar-refractivity contribution in [3.63, 3.8) is 0 Å². The summed E-state index contributed by atoms with van der Waals surface area (Å²) in [6.07, 6.45) is 0. The maximum absolute atomic E-state index is 10.6. The third-order valence-corrected chi connectivity index (χ3v) is 1.73. The molecular formula is C9H14O10Ti. The Morgan fingerprint density at radius 3 is 1.40 bits per heavy atom. The summed E-state index contributed by atoms with van der Waals surface area (Å²) >= 11 is 0. The third kappa shape index (κ3) is 6.94. The zero-order valence-electron chi connectivity index (χ0n) is 9.80. The fraction of sp³-hybridized carbons (Fsp3) is 0. The number of benzene rings is 1. The van der Waals surface area contributed by atoms with Gasteiger partial charge >= 0.3 is 17.9 Å². The molecule has 11 N–H and O–H groups in total. The topological polar surface area (TPSA) is 238 Å². The first-order chi connectivity index (χ1) is 6.93. The molecule has 0 aromatic heterocycles. The molecule has 0 radical (unpaired) electrons. The minimum absolute atomic E-state index is 0. The van der Waals surface area contributed by atoms with Crippen LogP contribution in [0.3, 0.4) is 0 Å². The molecule has 20 heavy (non-hydrogen) atoms. The van der Waals surface area contributed by atoms with Gasteiger partial charge < -0.3 is 37.2 Å². The van der Waals surface area contributed by atoms with Crippen LogP contribution < -0.4 is 0 Å². The summed E-state index contributed by atoms with van der Waals surface area (Å²) in [6.45, 7) is 0. The molecule has 0 aliphatic heterocycles. The zero-order chi connectivity index (χ0) is 11.6. The summed E-state index contributed by atoms with van der Waals surface area (Å²) in [6, 6.07) is 2.81. The standard InChI is InChI=1S/C9H6O6.4H2O.Ti/c10-7(11)4-1-2-5(8(12)13)6(3-4)9(14)15;;;;;/h1-3H,(H,10,11)(H,12,13)(H,14,15);4*1H2;. The average Bonchev–Trinajstić information content (AvgIpc) is 2.16. The first-order valence-corrected chi connectivity index (χ1v) is 3.77. The van der Waals surface area contributed by atoms with Crippen molar-refractivity contribution in [2.75, 3.05) is 0 Å². The molecular weight excluding hydrogens is 316 g/mol. The minimum atomic E-state index is -1.48. The van der Waals surface area contributed by atoms with Crippen LogP contribution in [0.5, 0.6) is 0 Å². The van der Waals surface area contributed by atoms with Crippen LogP contribution >= 0.6 is 0 Å². The number of hydrogen-bond acceptors (Lipinski definition) is 3. The van der Waals surface area contributed by atoms with Gasteiger partial charge in [0.15, 0.2) is 0 Å². The molecule has 0 spiro atoms. The van der Waals surface area contributed by atoms with E-state index in [1.165, 1.54) is 0 Å². The van der Waals surface area contributed by atoms with Crippen LogP contribution in [0.2, 0.25) is 0 Å². The van der Waals surface area contributed by atoms with Crippen LogP contribution in [0.1, 0.15) is 31.1 Å². The Kier molecular flexibility index (Phi) is 18.9. The molecule has 0 fully saturated rings. The molecule has 0 heterocycles. The van der Waals surface area contributed by atoms with Crippen LogP contribution in [0.4, 0.5) is 0 Å². The van der Waals surface area contributed by atoms with Crippen molar-refractivity contribution >= 4 is 17.9 Å². The molecule has 1 rings (SSSR count). The SMILES string of the molecule is O.O.O.O.O=C(O)c1ccc(C(=O)O)c(C(=O)O)c1.[Ti]. The van der Waals surface area contributed by atoms with Crippen LogP contribution in [0.25, 0.3) is 0 Å². The van der Waals surface area contributed by atoms with Gasteiger partial charge in [-0.1, -0.05) is 0 Å². The summed E-state index contributed by atoms with van der Waals surface area (Å²) in [4.78, 5) is 31.8. The molecule has 1 aromatic rings. The monoisotopic (exact) mass is 330 g/mol. The molecule has 0 saturated heterocycles. The second kappa shape index (κ2) is 12.2. The summed E-state index contributed by atoms with van der Waals surface area (Å²) in [5.41, 5.74) is -1.24. The summed E-state index contributed by atoms with van der Waals surface area (Å²) in [5.74, 6) is -4.20. The smallest absolute Gasteiger partial charge is 0.336 e. The number of aromatic carboxylic acids is 3. The van der Waals surface area contributed by atoms with E-state index >= 15 is 0 Å². The molecule has 11 heteroatoms. The van der Waals surface area contributed by atoms with E-state index in [0.29, 0.717) is 0 Å². The quantitative estimate of drug-likeness (QED) is 0.504. The van der Waals surface area contributed by atoms with Crippen LogP contribution in [-0.4, -0.2) is 55.1 Å². The molecule has 0 saturated carbocycles. The molecule has 0 amide bonds. The molecule has 1 aromatic carbocycles. The van der Waals surface area contributed by atoms with Crippen molar-refractivity contribution in [1.82, 2.24) is 0 Å². The Balaban J connectivity index is -0.000000150. The van der Waals surface area contributed by atoms with Gasteiger partial charge in [0.1, 0.15) is 0 Å². The van der Waals surface area contributed by atoms with Gasteiger partial charge in [0.05, 0.1) is 16.7 Å². The Morgan fingerprint density at radius 2 is 1.10 bits per heavy atom. The van der Waals surface area contributed by atoms with E-state index in [1.54, 1.807) is 0 Å². The number of hydrogen-bond donors (Lipinski definition) is 3. The van der Waals surface area contributed by atoms with E-state index in [1.807, 2.05) is 0 Å². The molecule has 0 aliphatic carbocycles. The minimum Gasteiger partial charge on any atom is -0.478 e. The normalized spacial score (nSPS) is 7.20. The Hall–Kier alpha value is -1.82. The zero-order valence-corrected chi connectivity index (χ0v) is 11.4. The number of rotatable bonds is 3. The molecule has 0 aliphatic rings. The summed E-state index contributed by atoms with van der Waals surface area (Å²) < 4.78 is 0. The van der Waals surface area contributed by atoms with Gasteiger partial charge in [-0.15, -0.1) is 0 Å². The van der Waals surface area contributed by atoms with Crippen molar-refractivity contribution in [3.8, 4) is 0 Å². The Labute approximate surface area is 126 Å². The maximum atomic E-state index is 10.6. The van der Waals surface area contributed by atoms with Gasteiger partial charge in [0, 0.05) is 21.7 Å². The van der Waals surface area contributed by atoms with E-state index in [9.17, 15) is 14.4 Å². The van der Waals surface area contributed by atoms with Crippen molar-refractivity contribution in [1.29, 1.82) is 0 Å². The van der Waals surface area contributed by atoms with Gasteiger partial charge in [-0.25, -0.2) is 14.4 Å². The largest absolute Gasteiger partial charge is 0.478 e. The number of carbonyl (C=O) groups is 3. The fourth-order valence-corrected chi connectivity index (χ4v) is 1.04. The second-order valence-electron chi connectivity index (χ2n) is 2.68. The summed E-state index contributed by atoms with van der Waals surface area (Å²) in [5, 5.41) is 25.9. The Morgan fingerprint density at radius 1 is 0.700 bits per heavy atom. The van der Waals surface area contributed by atoms with Gasteiger partial charge in [0.2, 0.25) is 0 Å². The molecule has 114 valence electrons. The molecule has 0 unspecified atom stereocenters. The first kappa shape index (κ1) is 30.9. The summed E-state index contributed by atoms with van der Waals surface area (Å²) in [7, 11) is 0. The predicted octanol–water partition coefficient (Wildman–Crippen LogP) is -2.52. The molecule has 0 bridgehead atoms. The van der Waals surface area contributed by atoms with E-state index < -0.39 is 29.0 Å². The predicted molar refractivity (Wildman–Crippen MR) is 61.8 cm³/mol. The van der Waals surface area contributed by atoms with Crippen LogP contribution in [-0.2, 0) is 21.7 Å². The van der Waals surface area contributed by atoms with E-state index in [0.717, 1.165) is 18.2 Å². The van der Waals surface area contributed by atoms with E-state index in [4.69, 9.17) is 15.3 Å². The van der Waals surface area contributed by atoms with Crippen molar-refractivity contribution in [3.05, 3.63) is 34.9 Å². The van der Waals surface area contributed by atoms with Gasteiger partial charge in [-0.3, -0.25) is 0 Å². The van der Waals surface area contributed by atoms with Gasteiger partial charge in [0.25, 0.3) is 0 Å². The van der Waals surface area contributed by atoms with Crippen LogP contribution in [0, 0.1) is 0 Å². The van der Waals surface area contributed by atoms with E-state index in [2.05, 4.69) is 0 Å². The second-order valence-corrected chi connectivity index (χ2v) is 2.68. The van der Waals surface area contributed by atoms with Crippen molar-refractivity contribution in [2.24, 2.45) is 0 Å². The van der Waals surface area contributed by atoms with Gasteiger partial charge in [-0.05, 0) is 18.2 Å². The average molecular weight is 330 g/mol. The van der Waals surface area contributed by atoms with E-state index in [-0.39, 0.29) is 49.2 Å². The first-order valence-electron chi connectivity index (χ1n) is 3.77. The van der Waals surface area contributed by atoms with Crippen LogP contribution in [0.15, 0.2) is 18.2 Å². The van der Waals surface area contributed by atoms with Gasteiger partial charge in [-0.2, -0.15) is 0 Å².